The van der Waals surface area contributed by atoms with Gasteiger partial charge in [-0.15, -0.1) is 11.8 Å². The predicted molar refractivity (Wildman–Crippen MR) is 123 cm³/mol. The highest BCUT2D eigenvalue weighted by Gasteiger charge is 2.33. The first kappa shape index (κ1) is 21.2. The second-order valence-corrected chi connectivity index (χ2v) is 8.80. The number of amides is 2. The Morgan fingerprint density at radius 3 is 2.74 bits per heavy atom. The van der Waals surface area contributed by atoms with Crippen LogP contribution >= 0.6 is 11.8 Å². The van der Waals surface area contributed by atoms with Crippen LogP contribution in [0.1, 0.15) is 44.6 Å². The Kier molecular flexibility index (Phi) is 6.77. The Morgan fingerprint density at radius 1 is 1.16 bits per heavy atom. The molecule has 1 aliphatic rings. The van der Waals surface area contributed by atoms with Gasteiger partial charge in [-0.1, -0.05) is 42.0 Å². The van der Waals surface area contributed by atoms with Gasteiger partial charge in [0.2, 0.25) is 5.91 Å². The highest BCUT2D eigenvalue weighted by atomic mass is 32.2. The maximum Gasteiger partial charge on any atom is 0.251 e. The molecule has 2 aromatic carbocycles. The van der Waals surface area contributed by atoms with Crippen molar-refractivity contribution in [3.05, 3.63) is 94.9 Å². The van der Waals surface area contributed by atoms with E-state index in [0.29, 0.717) is 24.4 Å². The molecule has 1 N–H and O–H groups in total. The Bertz CT molecular complexity index is 1030. The van der Waals surface area contributed by atoms with E-state index in [1.54, 1.807) is 18.0 Å². The topological polar surface area (TPSA) is 62.6 Å². The van der Waals surface area contributed by atoms with Crippen LogP contribution in [0.2, 0.25) is 0 Å². The van der Waals surface area contributed by atoms with Gasteiger partial charge in [-0.05, 0) is 55.2 Å². The molecule has 6 heteroatoms. The van der Waals surface area contributed by atoms with E-state index in [9.17, 15) is 9.59 Å². The first-order chi connectivity index (χ1) is 15.1. The molecule has 3 aromatic rings. The number of benzene rings is 2. The van der Waals surface area contributed by atoms with Crippen LogP contribution in [0.3, 0.4) is 0 Å². The minimum absolute atomic E-state index is 0.0657. The standard InChI is InChI=1S/C25H26N2O3S/c1-18-5-2-6-19(15-18)7-3-13-26-24(29)20-9-11-21(12-10-20)25-27(23(28)17-31-25)16-22-8-4-14-30-22/h2,4-6,8-12,14-15,25H,3,7,13,16-17H2,1H3,(H,26,29)/t25-/m1/s1. The van der Waals surface area contributed by atoms with Gasteiger partial charge in [0.05, 0.1) is 18.6 Å². The average Bonchev–Trinajstić information content (AvgIpc) is 3.42. The van der Waals surface area contributed by atoms with Gasteiger partial charge in [-0.3, -0.25) is 9.59 Å². The first-order valence-electron chi connectivity index (χ1n) is 10.5. The Morgan fingerprint density at radius 2 is 2.00 bits per heavy atom. The summed E-state index contributed by atoms with van der Waals surface area (Å²) < 4.78 is 5.40. The van der Waals surface area contributed by atoms with Crippen molar-refractivity contribution >= 4 is 23.6 Å². The lowest BCUT2D eigenvalue weighted by atomic mass is 10.1. The minimum atomic E-state index is -0.0709. The number of nitrogens with one attached hydrogen (secondary N) is 1. The zero-order valence-electron chi connectivity index (χ0n) is 17.5. The maximum atomic E-state index is 12.5. The molecule has 0 radical (unpaired) electrons. The summed E-state index contributed by atoms with van der Waals surface area (Å²) in [6.07, 6.45) is 3.46. The molecule has 2 heterocycles. The molecule has 1 fully saturated rings. The van der Waals surface area contributed by atoms with Crippen LogP contribution in [-0.4, -0.2) is 29.0 Å². The highest BCUT2D eigenvalue weighted by Crippen LogP contribution is 2.39. The van der Waals surface area contributed by atoms with Crippen LogP contribution in [0.4, 0.5) is 0 Å². The van der Waals surface area contributed by atoms with E-state index in [4.69, 9.17) is 4.42 Å². The number of carbonyl (C=O) groups excluding carboxylic acids is 2. The van der Waals surface area contributed by atoms with E-state index in [-0.39, 0.29) is 17.2 Å². The fraction of sp³-hybridized carbons (Fsp3) is 0.280. The van der Waals surface area contributed by atoms with Crippen LogP contribution < -0.4 is 5.32 Å². The quantitative estimate of drug-likeness (QED) is 0.521. The molecule has 1 aromatic heterocycles. The summed E-state index contributed by atoms with van der Waals surface area (Å²) in [6.45, 7) is 3.18. The van der Waals surface area contributed by atoms with Crippen molar-refractivity contribution in [3.8, 4) is 0 Å². The maximum absolute atomic E-state index is 12.5. The monoisotopic (exact) mass is 434 g/mol. The molecule has 4 rings (SSSR count). The minimum Gasteiger partial charge on any atom is -0.467 e. The fourth-order valence-electron chi connectivity index (χ4n) is 3.73. The van der Waals surface area contributed by atoms with E-state index >= 15 is 0 Å². The van der Waals surface area contributed by atoms with Crippen molar-refractivity contribution in [2.75, 3.05) is 12.3 Å². The molecule has 0 aliphatic carbocycles. The molecule has 0 saturated carbocycles. The van der Waals surface area contributed by atoms with Gasteiger partial charge in [0.25, 0.3) is 5.91 Å². The lowest BCUT2D eigenvalue weighted by Crippen LogP contribution is -2.27. The third-order valence-electron chi connectivity index (χ3n) is 5.34. The van der Waals surface area contributed by atoms with Crippen molar-refractivity contribution in [3.63, 3.8) is 0 Å². The van der Waals surface area contributed by atoms with Crippen LogP contribution in [0.15, 0.2) is 71.3 Å². The molecule has 1 saturated heterocycles. The van der Waals surface area contributed by atoms with Crippen LogP contribution in [0, 0.1) is 6.92 Å². The molecule has 31 heavy (non-hydrogen) atoms. The van der Waals surface area contributed by atoms with Gasteiger partial charge in [-0.2, -0.15) is 0 Å². The number of hydrogen-bond acceptors (Lipinski definition) is 4. The number of rotatable bonds is 8. The lowest BCUT2D eigenvalue weighted by Gasteiger charge is -2.23. The second-order valence-electron chi connectivity index (χ2n) is 7.73. The summed E-state index contributed by atoms with van der Waals surface area (Å²) in [5.74, 6) is 1.25. The molecular formula is C25H26N2O3S. The molecule has 0 spiro atoms. The van der Waals surface area contributed by atoms with Gasteiger partial charge in [0.1, 0.15) is 11.1 Å². The summed E-state index contributed by atoms with van der Waals surface area (Å²) in [4.78, 5) is 26.6. The molecule has 1 atom stereocenters. The Labute approximate surface area is 186 Å². The van der Waals surface area contributed by atoms with Crippen molar-refractivity contribution in [1.29, 1.82) is 0 Å². The molecule has 0 unspecified atom stereocenters. The number of furan rings is 1. The molecule has 1 aliphatic heterocycles. The third-order valence-corrected chi connectivity index (χ3v) is 6.60. The molecule has 2 amide bonds. The Balaban J connectivity index is 1.31. The van der Waals surface area contributed by atoms with E-state index in [1.807, 2.05) is 41.3 Å². The van der Waals surface area contributed by atoms with Crippen molar-refractivity contribution in [2.24, 2.45) is 0 Å². The zero-order chi connectivity index (χ0) is 21.6. The zero-order valence-corrected chi connectivity index (χ0v) is 18.4. The third kappa shape index (κ3) is 5.39. The van der Waals surface area contributed by atoms with Crippen LogP contribution in [-0.2, 0) is 17.8 Å². The number of aryl methyl sites for hydroxylation is 2. The number of nitrogens with zero attached hydrogens (tertiary/aromatic N) is 1. The van der Waals surface area contributed by atoms with Crippen molar-refractivity contribution in [2.45, 2.75) is 31.7 Å². The second kappa shape index (κ2) is 9.88. The van der Waals surface area contributed by atoms with Crippen LogP contribution in [0.25, 0.3) is 0 Å². The summed E-state index contributed by atoms with van der Waals surface area (Å²) in [5.41, 5.74) is 4.19. The summed E-state index contributed by atoms with van der Waals surface area (Å²) in [5, 5.41) is 2.93. The molecule has 160 valence electrons. The SMILES string of the molecule is Cc1cccc(CCCNC(=O)c2ccc([C@H]3SCC(=O)N3Cc3ccco3)cc2)c1. The van der Waals surface area contributed by atoms with E-state index in [1.165, 1.54) is 11.1 Å². The number of hydrogen-bond donors (Lipinski definition) is 1. The van der Waals surface area contributed by atoms with E-state index in [2.05, 4.69) is 36.5 Å². The molecular weight excluding hydrogens is 408 g/mol. The van der Waals surface area contributed by atoms with Gasteiger partial charge < -0.3 is 14.6 Å². The predicted octanol–water partition coefficient (Wildman–Crippen LogP) is 4.72. The van der Waals surface area contributed by atoms with E-state index < -0.39 is 0 Å². The number of thioether (sulfide) groups is 1. The lowest BCUT2D eigenvalue weighted by molar-refractivity contribution is -0.128. The molecule has 5 nitrogen and oxygen atoms in total. The summed E-state index contributed by atoms with van der Waals surface area (Å²) in [6, 6.07) is 19.7. The highest BCUT2D eigenvalue weighted by molar-refractivity contribution is 8.00. The Hall–Kier alpha value is -2.99. The van der Waals surface area contributed by atoms with Crippen LogP contribution in [0.5, 0.6) is 0 Å². The average molecular weight is 435 g/mol. The number of carbonyl (C=O) groups is 2. The molecule has 0 bridgehead atoms. The van der Waals surface area contributed by atoms with Gasteiger partial charge in [-0.25, -0.2) is 0 Å². The van der Waals surface area contributed by atoms with Crippen molar-refractivity contribution < 1.29 is 14.0 Å². The van der Waals surface area contributed by atoms with Gasteiger partial charge >= 0.3 is 0 Å². The first-order valence-corrected chi connectivity index (χ1v) is 11.5. The van der Waals surface area contributed by atoms with E-state index in [0.717, 1.165) is 24.2 Å². The summed E-state index contributed by atoms with van der Waals surface area (Å²) >= 11 is 1.60. The van der Waals surface area contributed by atoms with Crippen molar-refractivity contribution in [1.82, 2.24) is 10.2 Å². The van der Waals surface area contributed by atoms with Gasteiger partial charge in [0.15, 0.2) is 0 Å². The summed E-state index contributed by atoms with van der Waals surface area (Å²) in [7, 11) is 0. The normalized spacial score (nSPS) is 16.0. The largest absolute Gasteiger partial charge is 0.467 e. The fourth-order valence-corrected chi connectivity index (χ4v) is 4.92. The smallest absolute Gasteiger partial charge is 0.251 e. The van der Waals surface area contributed by atoms with Gasteiger partial charge in [0, 0.05) is 12.1 Å².